The summed E-state index contributed by atoms with van der Waals surface area (Å²) >= 11 is 0. The maximum atomic E-state index is 12.1. The molecule has 0 saturated heterocycles. The fourth-order valence-corrected chi connectivity index (χ4v) is 2.02. The Labute approximate surface area is 100 Å². The van der Waals surface area contributed by atoms with Crippen LogP contribution >= 0.6 is 0 Å². The number of carbonyl (C=O) groups is 1. The number of methoxy groups -OCH3 is 1. The van der Waals surface area contributed by atoms with Crippen LogP contribution < -0.4 is 4.74 Å². The van der Waals surface area contributed by atoms with Crippen LogP contribution in [0.25, 0.3) is 10.9 Å². The molecule has 0 bridgehead atoms. The van der Waals surface area contributed by atoms with Gasteiger partial charge in [0.15, 0.2) is 11.5 Å². The SMILES string of the molecule is CCC(=O)c1c(OC)c(C)nc2ccccc12. The minimum absolute atomic E-state index is 0.0866. The van der Waals surface area contributed by atoms with E-state index in [1.165, 1.54) is 0 Å². The summed E-state index contributed by atoms with van der Waals surface area (Å²) in [7, 11) is 1.57. The zero-order chi connectivity index (χ0) is 12.4. The minimum Gasteiger partial charge on any atom is -0.494 e. The molecule has 0 amide bonds. The van der Waals surface area contributed by atoms with Gasteiger partial charge in [0, 0.05) is 11.8 Å². The van der Waals surface area contributed by atoms with Crippen LogP contribution in [0, 0.1) is 6.92 Å². The summed E-state index contributed by atoms with van der Waals surface area (Å²) in [5, 5.41) is 0.863. The minimum atomic E-state index is 0.0866. The molecule has 2 rings (SSSR count). The van der Waals surface area contributed by atoms with E-state index in [9.17, 15) is 4.79 Å². The molecule has 0 aliphatic rings. The molecule has 0 atom stereocenters. The molecule has 0 N–H and O–H groups in total. The van der Waals surface area contributed by atoms with Crippen LogP contribution in [-0.4, -0.2) is 17.9 Å². The highest BCUT2D eigenvalue weighted by molar-refractivity contribution is 6.09. The molecule has 3 nitrogen and oxygen atoms in total. The number of ketones is 1. The van der Waals surface area contributed by atoms with Gasteiger partial charge < -0.3 is 4.74 Å². The highest BCUT2D eigenvalue weighted by Gasteiger charge is 2.17. The number of fused-ring (bicyclic) bond motifs is 1. The number of benzene rings is 1. The van der Waals surface area contributed by atoms with Gasteiger partial charge in [-0.1, -0.05) is 25.1 Å². The van der Waals surface area contributed by atoms with Crippen LogP contribution in [0.4, 0.5) is 0 Å². The number of aryl methyl sites for hydroxylation is 1. The van der Waals surface area contributed by atoms with Crippen molar-refractivity contribution in [3.63, 3.8) is 0 Å². The van der Waals surface area contributed by atoms with Gasteiger partial charge in [-0.05, 0) is 13.0 Å². The maximum Gasteiger partial charge on any atom is 0.167 e. The standard InChI is InChI=1S/C14H15NO2/c1-4-12(16)13-10-7-5-6-8-11(10)15-9(2)14(13)17-3/h5-8H,4H2,1-3H3. The first-order valence-corrected chi connectivity index (χ1v) is 5.65. The van der Waals surface area contributed by atoms with Crippen molar-refractivity contribution in [3.05, 3.63) is 35.5 Å². The first-order valence-electron chi connectivity index (χ1n) is 5.65. The lowest BCUT2D eigenvalue weighted by atomic mass is 10.0. The van der Waals surface area contributed by atoms with Crippen molar-refractivity contribution in [2.75, 3.05) is 7.11 Å². The Morgan fingerprint density at radius 2 is 2.06 bits per heavy atom. The second-order valence-electron chi connectivity index (χ2n) is 3.90. The van der Waals surface area contributed by atoms with Crippen molar-refractivity contribution < 1.29 is 9.53 Å². The van der Waals surface area contributed by atoms with Crippen LogP contribution in [-0.2, 0) is 0 Å². The second-order valence-corrected chi connectivity index (χ2v) is 3.90. The summed E-state index contributed by atoms with van der Waals surface area (Å²) in [6, 6.07) is 7.65. The third kappa shape index (κ3) is 1.88. The number of rotatable bonds is 3. The highest BCUT2D eigenvalue weighted by atomic mass is 16.5. The molecule has 0 spiro atoms. The first kappa shape index (κ1) is 11.6. The van der Waals surface area contributed by atoms with Gasteiger partial charge in [-0.25, -0.2) is 4.98 Å². The Morgan fingerprint density at radius 1 is 1.35 bits per heavy atom. The van der Waals surface area contributed by atoms with E-state index in [0.29, 0.717) is 17.7 Å². The van der Waals surface area contributed by atoms with E-state index in [1.54, 1.807) is 7.11 Å². The molecular weight excluding hydrogens is 214 g/mol. The lowest BCUT2D eigenvalue weighted by Crippen LogP contribution is -2.05. The lowest BCUT2D eigenvalue weighted by Gasteiger charge is -2.12. The third-order valence-electron chi connectivity index (χ3n) is 2.82. The number of hydrogen-bond donors (Lipinski definition) is 0. The van der Waals surface area contributed by atoms with Crippen molar-refractivity contribution in [2.45, 2.75) is 20.3 Å². The number of hydrogen-bond acceptors (Lipinski definition) is 3. The Bertz CT molecular complexity index is 576. The number of para-hydroxylation sites is 1. The van der Waals surface area contributed by atoms with E-state index in [2.05, 4.69) is 4.98 Å². The van der Waals surface area contributed by atoms with E-state index in [1.807, 2.05) is 38.1 Å². The van der Waals surface area contributed by atoms with Crippen molar-refractivity contribution in [3.8, 4) is 5.75 Å². The van der Waals surface area contributed by atoms with E-state index in [4.69, 9.17) is 4.74 Å². The smallest absolute Gasteiger partial charge is 0.167 e. The summed E-state index contributed by atoms with van der Waals surface area (Å²) in [6.07, 6.45) is 0.462. The second kappa shape index (κ2) is 4.53. The average molecular weight is 229 g/mol. The van der Waals surface area contributed by atoms with Crippen LogP contribution in [0.15, 0.2) is 24.3 Å². The number of Topliss-reactive ketones (excluding diaryl/α,β-unsaturated/α-hetero) is 1. The van der Waals surface area contributed by atoms with Crippen molar-refractivity contribution in [1.82, 2.24) is 4.98 Å². The molecule has 1 heterocycles. The largest absolute Gasteiger partial charge is 0.494 e. The van der Waals surface area contributed by atoms with Crippen molar-refractivity contribution >= 4 is 16.7 Å². The number of ether oxygens (including phenoxy) is 1. The van der Waals surface area contributed by atoms with Gasteiger partial charge in [0.2, 0.25) is 0 Å². The third-order valence-corrected chi connectivity index (χ3v) is 2.82. The quantitative estimate of drug-likeness (QED) is 0.759. The zero-order valence-electron chi connectivity index (χ0n) is 10.3. The molecule has 0 saturated carbocycles. The normalized spacial score (nSPS) is 10.5. The summed E-state index contributed by atoms with van der Waals surface area (Å²) < 4.78 is 5.32. The summed E-state index contributed by atoms with van der Waals surface area (Å²) in [5.74, 6) is 0.680. The van der Waals surface area contributed by atoms with Crippen molar-refractivity contribution in [1.29, 1.82) is 0 Å². The molecule has 0 aliphatic heterocycles. The first-order chi connectivity index (χ1) is 8.19. The molecule has 88 valence electrons. The Kier molecular flexibility index (Phi) is 3.09. The number of nitrogens with zero attached hydrogens (tertiary/aromatic N) is 1. The van der Waals surface area contributed by atoms with Gasteiger partial charge in [0.1, 0.15) is 0 Å². The van der Waals surface area contributed by atoms with Crippen molar-refractivity contribution in [2.24, 2.45) is 0 Å². The number of pyridine rings is 1. The van der Waals surface area contributed by atoms with Gasteiger partial charge in [0.05, 0.1) is 23.9 Å². The predicted octanol–water partition coefficient (Wildman–Crippen LogP) is 3.14. The Hall–Kier alpha value is -1.90. The summed E-state index contributed by atoms with van der Waals surface area (Å²) in [5.41, 5.74) is 2.24. The summed E-state index contributed by atoms with van der Waals surface area (Å²) in [6.45, 7) is 3.71. The Morgan fingerprint density at radius 3 is 2.71 bits per heavy atom. The fraction of sp³-hybridized carbons (Fsp3) is 0.286. The zero-order valence-corrected chi connectivity index (χ0v) is 10.3. The molecule has 0 fully saturated rings. The van der Waals surface area contributed by atoms with E-state index in [0.717, 1.165) is 16.6 Å². The maximum absolute atomic E-state index is 12.1. The van der Waals surface area contributed by atoms with E-state index < -0.39 is 0 Å². The number of aromatic nitrogens is 1. The van der Waals surface area contributed by atoms with Gasteiger partial charge in [-0.2, -0.15) is 0 Å². The highest BCUT2D eigenvalue weighted by Crippen LogP contribution is 2.30. The molecule has 0 aliphatic carbocycles. The topological polar surface area (TPSA) is 39.2 Å². The lowest BCUT2D eigenvalue weighted by molar-refractivity contribution is 0.0986. The predicted molar refractivity (Wildman–Crippen MR) is 67.7 cm³/mol. The monoisotopic (exact) mass is 229 g/mol. The van der Waals surface area contributed by atoms with Gasteiger partial charge in [-0.3, -0.25) is 4.79 Å². The average Bonchev–Trinajstić information content (AvgIpc) is 2.36. The molecule has 0 unspecified atom stereocenters. The molecule has 3 heteroatoms. The molecule has 1 aromatic heterocycles. The van der Waals surface area contributed by atoms with Gasteiger partial charge in [0.25, 0.3) is 0 Å². The van der Waals surface area contributed by atoms with E-state index in [-0.39, 0.29) is 5.78 Å². The van der Waals surface area contributed by atoms with Gasteiger partial charge in [-0.15, -0.1) is 0 Å². The summed E-state index contributed by atoms with van der Waals surface area (Å²) in [4.78, 5) is 16.5. The van der Waals surface area contributed by atoms with Crippen LogP contribution in [0.5, 0.6) is 5.75 Å². The Balaban J connectivity index is 2.86. The molecule has 1 aromatic carbocycles. The molecule has 17 heavy (non-hydrogen) atoms. The van der Waals surface area contributed by atoms with Crippen LogP contribution in [0.3, 0.4) is 0 Å². The van der Waals surface area contributed by atoms with Crippen LogP contribution in [0.2, 0.25) is 0 Å². The number of carbonyl (C=O) groups excluding carboxylic acids is 1. The van der Waals surface area contributed by atoms with Crippen LogP contribution in [0.1, 0.15) is 29.4 Å². The molecular formula is C14H15NO2. The molecule has 2 aromatic rings. The van der Waals surface area contributed by atoms with Gasteiger partial charge >= 0.3 is 0 Å². The van der Waals surface area contributed by atoms with E-state index >= 15 is 0 Å². The molecule has 0 radical (unpaired) electrons. The fourth-order valence-electron chi connectivity index (χ4n) is 2.02.